The van der Waals surface area contributed by atoms with Crippen LogP contribution in [0.1, 0.15) is 11.1 Å². The molecular formula is C19H18N2O5. The van der Waals surface area contributed by atoms with Gasteiger partial charge in [0.25, 0.3) is 0 Å². The lowest BCUT2D eigenvalue weighted by atomic mass is 9.99. The van der Waals surface area contributed by atoms with Gasteiger partial charge in [-0.3, -0.25) is 9.79 Å². The fourth-order valence-electron chi connectivity index (χ4n) is 3.10. The van der Waals surface area contributed by atoms with Gasteiger partial charge in [0.15, 0.2) is 11.5 Å². The van der Waals surface area contributed by atoms with Crippen molar-refractivity contribution in [2.45, 2.75) is 0 Å². The first-order chi connectivity index (χ1) is 12.6. The number of hydrogen-bond donors (Lipinski definition) is 0. The highest BCUT2D eigenvalue weighted by Crippen LogP contribution is 2.38. The van der Waals surface area contributed by atoms with Gasteiger partial charge in [-0.05, 0) is 18.2 Å². The van der Waals surface area contributed by atoms with Gasteiger partial charge in [-0.15, -0.1) is 0 Å². The number of benzene rings is 2. The Bertz CT molecular complexity index is 900. The molecule has 2 aliphatic heterocycles. The SMILES string of the molecule is COc1cc2c(cc1OC)N(C)C(=O)CN=C2c1cc2cc(c1)OCO2. The van der Waals surface area contributed by atoms with Crippen LogP contribution >= 0.6 is 0 Å². The topological polar surface area (TPSA) is 69.6 Å². The van der Waals surface area contributed by atoms with Gasteiger partial charge in [0, 0.05) is 30.3 Å². The van der Waals surface area contributed by atoms with Gasteiger partial charge in [0.05, 0.1) is 25.6 Å². The Morgan fingerprint density at radius 2 is 1.65 bits per heavy atom. The van der Waals surface area contributed by atoms with Crippen molar-refractivity contribution in [1.29, 1.82) is 0 Å². The van der Waals surface area contributed by atoms with Gasteiger partial charge >= 0.3 is 0 Å². The summed E-state index contributed by atoms with van der Waals surface area (Å²) in [7, 11) is 4.86. The van der Waals surface area contributed by atoms with Crippen molar-refractivity contribution < 1.29 is 23.7 Å². The number of anilines is 1. The molecule has 2 aromatic rings. The van der Waals surface area contributed by atoms with Crippen LogP contribution in [0.4, 0.5) is 5.69 Å². The van der Waals surface area contributed by atoms with Crippen molar-refractivity contribution in [1.82, 2.24) is 0 Å². The molecule has 2 aliphatic rings. The Balaban J connectivity index is 1.93. The van der Waals surface area contributed by atoms with Crippen LogP contribution in [0, 0.1) is 0 Å². The number of carbonyl (C=O) groups excluding carboxylic acids is 1. The molecule has 1 amide bonds. The quantitative estimate of drug-likeness (QED) is 0.846. The maximum atomic E-state index is 12.4. The number of benzodiazepines with no additional fused rings is 1. The Kier molecular flexibility index (Phi) is 3.91. The first-order valence-corrected chi connectivity index (χ1v) is 8.09. The summed E-state index contributed by atoms with van der Waals surface area (Å²) in [4.78, 5) is 18.5. The molecule has 2 aromatic carbocycles. The average molecular weight is 354 g/mol. The predicted octanol–water partition coefficient (Wildman–Crippen LogP) is 2.25. The molecule has 0 spiro atoms. The van der Waals surface area contributed by atoms with E-state index in [1.807, 2.05) is 24.3 Å². The highest BCUT2D eigenvalue weighted by atomic mass is 16.7. The highest BCUT2D eigenvalue weighted by Gasteiger charge is 2.26. The van der Waals surface area contributed by atoms with Crippen molar-refractivity contribution in [3.8, 4) is 23.0 Å². The molecule has 7 heteroatoms. The van der Waals surface area contributed by atoms with E-state index in [1.165, 1.54) is 0 Å². The number of rotatable bonds is 3. The molecule has 7 nitrogen and oxygen atoms in total. The molecule has 0 unspecified atom stereocenters. The minimum Gasteiger partial charge on any atom is -0.493 e. The molecule has 0 fully saturated rings. The Hall–Kier alpha value is -3.22. The molecule has 2 heterocycles. The number of fused-ring (bicyclic) bond motifs is 3. The zero-order chi connectivity index (χ0) is 18.3. The fourth-order valence-corrected chi connectivity index (χ4v) is 3.10. The lowest BCUT2D eigenvalue weighted by molar-refractivity contribution is -0.116. The number of aliphatic imine (C=N–C) groups is 1. The number of nitrogens with zero attached hydrogens (tertiary/aromatic N) is 2. The van der Waals surface area contributed by atoms with E-state index in [-0.39, 0.29) is 19.2 Å². The number of methoxy groups -OCH3 is 2. The maximum absolute atomic E-state index is 12.4. The van der Waals surface area contributed by atoms with Gasteiger partial charge in [-0.1, -0.05) is 0 Å². The Labute approximate surface area is 150 Å². The molecule has 4 rings (SSSR count). The van der Waals surface area contributed by atoms with Crippen molar-refractivity contribution in [2.75, 3.05) is 39.5 Å². The Morgan fingerprint density at radius 1 is 1.00 bits per heavy atom. The fraction of sp³-hybridized carbons (Fsp3) is 0.263. The molecule has 0 saturated heterocycles. The van der Waals surface area contributed by atoms with Gasteiger partial charge in [-0.25, -0.2) is 0 Å². The lowest BCUT2D eigenvalue weighted by Crippen LogP contribution is -2.27. The first-order valence-electron chi connectivity index (χ1n) is 8.09. The molecule has 2 bridgehead atoms. The molecule has 26 heavy (non-hydrogen) atoms. The van der Waals surface area contributed by atoms with Crippen molar-refractivity contribution in [2.24, 2.45) is 4.99 Å². The molecule has 0 aliphatic carbocycles. The summed E-state index contributed by atoms with van der Waals surface area (Å²) in [6, 6.07) is 9.22. The summed E-state index contributed by atoms with van der Waals surface area (Å²) in [5, 5.41) is 0. The summed E-state index contributed by atoms with van der Waals surface area (Å²) in [5.41, 5.74) is 2.97. The lowest BCUT2D eigenvalue weighted by Gasteiger charge is -2.21. The minimum absolute atomic E-state index is 0.0480. The van der Waals surface area contributed by atoms with E-state index in [4.69, 9.17) is 18.9 Å². The van der Waals surface area contributed by atoms with Crippen LogP contribution in [0.3, 0.4) is 0 Å². The second-order valence-electron chi connectivity index (χ2n) is 5.94. The van der Waals surface area contributed by atoms with Crippen molar-refractivity contribution in [3.63, 3.8) is 0 Å². The summed E-state index contributed by atoms with van der Waals surface area (Å²) >= 11 is 0. The van der Waals surface area contributed by atoms with Crippen LogP contribution in [0.25, 0.3) is 0 Å². The van der Waals surface area contributed by atoms with Crippen molar-refractivity contribution >= 4 is 17.3 Å². The summed E-state index contributed by atoms with van der Waals surface area (Å²) in [5.74, 6) is 2.42. The largest absolute Gasteiger partial charge is 0.493 e. The standard InChI is InChI=1S/C19H18N2O5/c1-21-15-8-17(24-3)16(23-2)7-14(15)19(20-9-18(21)22)11-4-12-6-13(5-11)26-10-25-12/h4-8H,9-10H2,1-3H3. The highest BCUT2D eigenvalue weighted by molar-refractivity contribution is 6.20. The smallest absolute Gasteiger partial charge is 0.248 e. The van der Waals surface area contributed by atoms with E-state index in [9.17, 15) is 4.79 Å². The second-order valence-corrected chi connectivity index (χ2v) is 5.94. The molecule has 0 radical (unpaired) electrons. The Morgan fingerprint density at radius 3 is 2.31 bits per heavy atom. The zero-order valence-corrected chi connectivity index (χ0v) is 14.7. The molecule has 0 atom stereocenters. The van der Waals surface area contributed by atoms with E-state index >= 15 is 0 Å². The summed E-state index contributed by atoms with van der Waals surface area (Å²) in [6.07, 6.45) is 0. The minimum atomic E-state index is -0.107. The van der Waals surface area contributed by atoms with Gasteiger partial charge in [0.1, 0.15) is 18.0 Å². The summed E-state index contributed by atoms with van der Waals surface area (Å²) in [6.45, 7) is 0.239. The van der Waals surface area contributed by atoms with Crippen LogP contribution in [-0.4, -0.2) is 46.2 Å². The third-order valence-electron chi connectivity index (χ3n) is 4.47. The van der Waals surface area contributed by atoms with Crippen molar-refractivity contribution in [3.05, 3.63) is 41.5 Å². The van der Waals surface area contributed by atoms with E-state index in [0.29, 0.717) is 34.4 Å². The normalized spacial score (nSPS) is 15.3. The molecular weight excluding hydrogens is 336 g/mol. The van der Waals surface area contributed by atoms with Crippen LogP contribution in [0.2, 0.25) is 0 Å². The first kappa shape index (κ1) is 16.3. The third kappa shape index (κ3) is 2.61. The molecule has 0 N–H and O–H groups in total. The monoisotopic (exact) mass is 354 g/mol. The predicted molar refractivity (Wildman–Crippen MR) is 96.0 cm³/mol. The van der Waals surface area contributed by atoms with E-state index < -0.39 is 0 Å². The number of hydrogen-bond acceptors (Lipinski definition) is 6. The third-order valence-corrected chi connectivity index (χ3v) is 4.47. The second kappa shape index (κ2) is 6.25. The van der Waals surface area contributed by atoms with Gasteiger partial charge in [-0.2, -0.15) is 0 Å². The van der Waals surface area contributed by atoms with Crippen LogP contribution in [0.15, 0.2) is 35.3 Å². The van der Waals surface area contributed by atoms with Crippen LogP contribution < -0.4 is 23.8 Å². The van der Waals surface area contributed by atoms with E-state index in [2.05, 4.69) is 4.99 Å². The molecule has 0 aromatic heterocycles. The van der Waals surface area contributed by atoms with E-state index in [0.717, 1.165) is 11.1 Å². The van der Waals surface area contributed by atoms with Gasteiger partial charge < -0.3 is 23.8 Å². The summed E-state index contributed by atoms with van der Waals surface area (Å²) < 4.78 is 21.7. The molecule has 134 valence electrons. The molecule has 0 saturated carbocycles. The zero-order valence-electron chi connectivity index (χ0n) is 14.7. The van der Waals surface area contributed by atoms with Crippen LogP contribution in [0.5, 0.6) is 23.0 Å². The number of ether oxygens (including phenoxy) is 4. The number of amides is 1. The number of carbonyl (C=O) groups is 1. The van der Waals surface area contributed by atoms with Crippen LogP contribution in [-0.2, 0) is 4.79 Å². The maximum Gasteiger partial charge on any atom is 0.248 e. The number of likely N-dealkylation sites (N-methyl/N-ethyl adjacent to an activating group) is 1. The average Bonchev–Trinajstić information content (AvgIpc) is 2.77. The van der Waals surface area contributed by atoms with Gasteiger partial charge in [0.2, 0.25) is 12.7 Å². The van der Waals surface area contributed by atoms with E-state index in [1.54, 1.807) is 32.2 Å².